The third-order valence-electron chi connectivity index (χ3n) is 2.99. The highest BCUT2D eigenvalue weighted by Crippen LogP contribution is 2.26. The second kappa shape index (κ2) is 3.96. The lowest BCUT2D eigenvalue weighted by Crippen LogP contribution is -2.11. The minimum absolute atomic E-state index is 0.381. The van der Waals surface area contributed by atoms with Crippen molar-refractivity contribution >= 4 is 0 Å². The summed E-state index contributed by atoms with van der Waals surface area (Å²) in [7, 11) is 0. The normalized spacial score (nSPS) is 17.1. The Morgan fingerprint density at radius 2 is 1.73 bits per heavy atom. The number of hydrogen-bond donors (Lipinski definition) is 2. The van der Waals surface area contributed by atoms with Crippen LogP contribution in [-0.2, 0) is 6.54 Å². The Morgan fingerprint density at radius 1 is 1.20 bits per heavy atom. The van der Waals surface area contributed by atoms with Gasteiger partial charge in [-0.2, -0.15) is 0 Å². The van der Waals surface area contributed by atoms with Crippen molar-refractivity contribution in [3.8, 4) is 11.5 Å². The van der Waals surface area contributed by atoms with Gasteiger partial charge < -0.3 is 14.8 Å². The topological polar surface area (TPSA) is 62.5 Å². The Kier molecular flexibility index (Phi) is 2.66. The molecule has 15 heavy (non-hydrogen) atoms. The summed E-state index contributed by atoms with van der Waals surface area (Å²) in [6, 6.07) is 0. The number of aromatic hydroxyl groups is 2. The fraction of sp³-hybridized carbons (Fsp3) is 0.545. The van der Waals surface area contributed by atoms with Gasteiger partial charge in [0.1, 0.15) is 0 Å². The van der Waals surface area contributed by atoms with E-state index >= 15 is 0 Å². The molecule has 82 valence electrons. The van der Waals surface area contributed by atoms with Crippen LogP contribution >= 0.6 is 0 Å². The standard InChI is InChI=1S/C11H15NO3/c13-9-6-12(7-10(14)11(9)15)5-8-3-1-2-4-8/h6-8,13-14H,1-5H2. The molecule has 4 nitrogen and oxygen atoms in total. The Balaban J connectivity index is 2.18. The highest BCUT2D eigenvalue weighted by atomic mass is 16.3. The lowest BCUT2D eigenvalue weighted by molar-refractivity contribution is 0.405. The molecule has 4 heteroatoms. The van der Waals surface area contributed by atoms with E-state index in [1.165, 1.54) is 38.1 Å². The molecule has 0 bridgehead atoms. The predicted octanol–water partition coefficient (Wildman–Crippen LogP) is 1.45. The lowest BCUT2D eigenvalue weighted by Gasteiger charge is -2.12. The van der Waals surface area contributed by atoms with E-state index in [-0.39, 0.29) is 11.5 Å². The van der Waals surface area contributed by atoms with E-state index in [9.17, 15) is 15.0 Å². The summed E-state index contributed by atoms with van der Waals surface area (Å²) < 4.78 is 1.70. The van der Waals surface area contributed by atoms with Crippen molar-refractivity contribution in [3.05, 3.63) is 22.6 Å². The summed E-state index contributed by atoms with van der Waals surface area (Å²) in [6.45, 7) is 0.765. The second-order valence-electron chi connectivity index (χ2n) is 4.21. The van der Waals surface area contributed by atoms with Crippen LogP contribution in [0.5, 0.6) is 11.5 Å². The molecule has 2 rings (SSSR count). The van der Waals surface area contributed by atoms with E-state index in [2.05, 4.69) is 0 Å². The minimum Gasteiger partial charge on any atom is -0.503 e. The van der Waals surface area contributed by atoms with Crippen LogP contribution in [0, 0.1) is 5.92 Å². The number of hydrogen-bond acceptors (Lipinski definition) is 3. The van der Waals surface area contributed by atoms with Gasteiger partial charge in [-0.15, -0.1) is 0 Å². The van der Waals surface area contributed by atoms with Crippen molar-refractivity contribution in [2.75, 3.05) is 0 Å². The Hall–Kier alpha value is -1.45. The Bertz CT molecular complexity index is 379. The third kappa shape index (κ3) is 2.14. The average molecular weight is 209 g/mol. The van der Waals surface area contributed by atoms with Crippen molar-refractivity contribution in [1.82, 2.24) is 4.57 Å². The highest BCUT2D eigenvalue weighted by Gasteiger charge is 2.16. The molecule has 1 aromatic heterocycles. The van der Waals surface area contributed by atoms with Crippen molar-refractivity contribution in [1.29, 1.82) is 0 Å². The number of pyridine rings is 1. The summed E-state index contributed by atoms with van der Waals surface area (Å²) in [6.07, 6.45) is 7.66. The van der Waals surface area contributed by atoms with Crippen LogP contribution in [0.4, 0.5) is 0 Å². The molecular weight excluding hydrogens is 194 g/mol. The van der Waals surface area contributed by atoms with E-state index in [1.54, 1.807) is 4.57 Å². The monoisotopic (exact) mass is 209 g/mol. The van der Waals surface area contributed by atoms with E-state index in [0.717, 1.165) is 6.54 Å². The molecule has 0 aromatic carbocycles. The molecule has 0 spiro atoms. The SMILES string of the molecule is O=c1c(O)cn(CC2CCCC2)cc1O. The first-order valence-electron chi connectivity index (χ1n) is 5.29. The molecule has 0 atom stereocenters. The molecule has 1 aliphatic carbocycles. The van der Waals surface area contributed by atoms with Gasteiger partial charge in [0.2, 0.25) is 0 Å². The average Bonchev–Trinajstić information content (AvgIpc) is 2.66. The van der Waals surface area contributed by atoms with Crippen molar-refractivity contribution in [2.45, 2.75) is 32.2 Å². The molecule has 0 radical (unpaired) electrons. The van der Waals surface area contributed by atoms with Gasteiger partial charge in [-0.25, -0.2) is 0 Å². The van der Waals surface area contributed by atoms with Gasteiger partial charge in [-0.1, -0.05) is 12.8 Å². The quantitative estimate of drug-likeness (QED) is 0.774. The first-order chi connectivity index (χ1) is 7.16. The molecule has 1 aromatic rings. The predicted molar refractivity (Wildman–Crippen MR) is 56.0 cm³/mol. The molecule has 1 fully saturated rings. The van der Waals surface area contributed by atoms with Crippen LogP contribution < -0.4 is 5.43 Å². The van der Waals surface area contributed by atoms with E-state index in [1.807, 2.05) is 0 Å². The third-order valence-corrected chi connectivity index (χ3v) is 2.99. The van der Waals surface area contributed by atoms with Crippen LogP contribution in [0.15, 0.2) is 17.2 Å². The molecule has 0 saturated heterocycles. The van der Waals surface area contributed by atoms with Crippen LogP contribution in [0.3, 0.4) is 0 Å². The summed E-state index contributed by atoms with van der Waals surface area (Å²) in [4.78, 5) is 11.0. The maximum absolute atomic E-state index is 11.0. The number of aromatic nitrogens is 1. The molecule has 0 amide bonds. The van der Waals surface area contributed by atoms with Crippen LogP contribution in [0.1, 0.15) is 25.7 Å². The number of nitrogens with zero attached hydrogens (tertiary/aromatic N) is 1. The minimum atomic E-state index is -0.697. The molecule has 1 aliphatic rings. The first-order valence-corrected chi connectivity index (χ1v) is 5.29. The van der Waals surface area contributed by atoms with Crippen LogP contribution in [0.25, 0.3) is 0 Å². The van der Waals surface area contributed by atoms with Crippen molar-refractivity contribution < 1.29 is 10.2 Å². The van der Waals surface area contributed by atoms with Crippen molar-refractivity contribution in [3.63, 3.8) is 0 Å². The summed E-state index contributed by atoms with van der Waals surface area (Å²) in [5.74, 6) is -0.160. The van der Waals surface area contributed by atoms with Gasteiger partial charge in [-0.3, -0.25) is 4.79 Å². The highest BCUT2D eigenvalue weighted by molar-refractivity contribution is 5.27. The lowest BCUT2D eigenvalue weighted by atomic mass is 10.1. The van der Waals surface area contributed by atoms with E-state index in [4.69, 9.17) is 0 Å². The van der Waals surface area contributed by atoms with Crippen molar-refractivity contribution in [2.24, 2.45) is 5.92 Å². The summed E-state index contributed by atoms with van der Waals surface area (Å²) in [5.41, 5.74) is -0.697. The zero-order valence-electron chi connectivity index (χ0n) is 8.52. The molecule has 0 aliphatic heterocycles. The molecule has 1 heterocycles. The fourth-order valence-corrected chi connectivity index (χ4v) is 2.20. The Morgan fingerprint density at radius 3 is 2.27 bits per heavy atom. The first kappa shape index (κ1) is 10.1. The van der Waals surface area contributed by atoms with Gasteiger partial charge >= 0.3 is 0 Å². The van der Waals surface area contributed by atoms with Gasteiger partial charge in [0.15, 0.2) is 11.5 Å². The zero-order valence-corrected chi connectivity index (χ0v) is 8.52. The maximum Gasteiger partial charge on any atom is 0.264 e. The molecule has 0 unspecified atom stereocenters. The Labute approximate surface area is 87.8 Å². The van der Waals surface area contributed by atoms with Crippen LogP contribution in [0.2, 0.25) is 0 Å². The van der Waals surface area contributed by atoms with Crippen LogP contribution in [-0.4, -0.2) is 14.8 Å². The molecule has 2 N–H and O–H groups in total. The fourth-order valence-electron chi connectivity index (χ4n) is 2.20. The molecular formula is C11H15NO3. The van der Waals surface area contributed by atoms with Gasteiger partial charge in [0.25, 0.3) is 5.43 Å². The summed E-state index contributed by atoms with van der Waals surface area (Å²) in [5, 5.41) is 18.5. The maximum atomic E-state index is 11.0. The molecule has 1 saturated carbocycles. The van der Waals surface area contributed by atoms with Gasteiger partial charge in [0, 0.05) is 6.54 Å². The zero-order chi connectivity index (χ0) is 10.8. The smallest absolute Gasteiger partial charge is 0.264 e. The second-order valence-corrected chi connectivity index (χ2v) is 4.21. The van der Waals surface area contributed by atoms with E-state index in [0.29, 0.717) is 5.92 Å². The van der Waals surface area contributed by atoms with E-state index < -0.39 is 5.43 Å². The van der Waals surface area contributed by atoms with Gasteiger partial charge in [-0.05, 0) is 18.8 Å². The largest absolute Gasteiger partial charge is 0.503 e. The van der Waals surface area contributed by atoms with Gasteiger partial charge in [0.05, 0.1) is 12.4 Å². The summed E-state index contributed by atoms with van der Waals surface area (Å²) >= 11 is 0. The number of rotatable bonds is 2.